The highest BCUT2D eigenvalue weighted by molar-refractivity contribution is 5.75. The van der Waals surface area contributed by atoms with Gasteiger partial charge in [0, 0.05) is 23.7 Å². The van der Waals surface area contributed by atoms with Crippen molar-refractivity contribution in [1.29, 1.82) is 0 Å². The lowest BCUT2D eigenvalue weighted by Gasteiger charge is -2.48. The molecular formula is C20H20FN3O3. The second-order valence-corrected chi connectivity index (χ2v) is 7.26. The molecule has 0 bridgehead atoms. The number of fused-ring (bicyclic) bond motifs is 4. The summed E-state index contributed by atoms with van der Waals surface area (Å²) in [6.45, 7) is 3.00. The molecule has 1 fully saturated rings. The third kappa shape index (κ3) is 2.41. The summed E-state index contributed by atoms with van der Waals surface area (Å²) in [5.74, 6) is 0.190. The molecule has 0 aliphatic carbocycles. The molecule has 0 amide bonds. The standard InChI is InChI=1S/C20H20FN3O3/c1-11-17-16(6-8-25-11)27-15-5-4-12(13-3-2-7-23-18(13)21)9-14(15)20(17)10-26-19(22)24-20/h2-5,7,9,11,16-17H,6,8,10H2,1H3,(H2,22,24)/t11?,16?,17-,20-/m0/s1. The van der Waals surface area contributed by atoms with Crippen molar-refractivity contribution in [2.75, 3.05) is 13.2 Å². The molecule has 27 heavy (non-hydrogen) atoms. The Balaban J connectivity index is 1.70. The van der Waals surface area contributed by atoms with Crippen LogP contribution in [0.5, 0.6) is 5.75 Å². The minimum Gasteiger partial charge on any atom is -0.489 e. The lowest BCUT2D eigenvalue weighted by atomic mass is 9.69. The molecule has 140 valence electrons. The third-order valence-corrected chi connectivity index (χ3v) is 5.79. The number of ether oxygens (including phenoxy) is 3. The van der Waals surface area contributed by atoms with Crippen LogP contribution in [0.3, 0.4) is 0 Å². The lowest BCUT2D eigenvalue weighted by Crippen LogP contribution is -2.56. The molecule has 1 saturated heterocycles. The Bertz CT molecular complexity index is 934. The number of nitrogens with zero attached hydrogens (tertiary/aromatic N) is 2. The fourth-order valence-corrected chi connectivity index (χ4v) is 4.62. The maximum Gasteiger partial charge on any atom is 0.283 e. The number of rotatable bonds is 1. The van der Waals surface area contributed by atoms with E-state index in [9.17, 15) is 4.39 Å². The minimum absolute atomic E-state index is 0.0273. The first-order valence-electron chi connectivity index (χ1n) is 9.10. The predicted molar refractivity (Wildman–Crippen MR) is 96.8 cm³/mol. The first kappa shape index (κ1) is 16.5. The molecule has 0 radical (unpaired) electrons. The third-order valence-electron chi connectivity index (χ3n) is 5.79. The summed E-state index contributed by atoms with van der Waals surface area (Å²) in [4.78, 5) is 8.47. The number of hydrogen-bond acceptors (Lipinski definition) is 6. The molecule has 3 aliphatic rings. The van der Waals surface area contributed by atoms with E-state index in [0.29, 0.717) is 24.3 Å². The van der Waals surface area contributed by atoms with E-state index >= 15 is 0 Å². The largest absolute Gasteiger partial charge is 0.489 e. The van der Waals surface area contributed by atoms with Crippen molar-refractivity contribution in [3.63, 3.8) is 0 Å². The monoisotopic (exact) mass is 369 g/mol. The Morgan fingerprint density at radius 1 is 1.30 bits per heavy atom. The van der Waals surface area contributed by atoms with Crippen molar-refractivity contribution < 1.29 is 18.6 Å². The van der Waals surface area contributed by atoms with Gasteiger partial charge in [-0.3, -0.25) is 0 Å². The smallest absolute Gasteiger partial charge is 0.283 e. The number of aromatic nitrogens is 1. The highest BCUT2D eigenvalue weighted by Gasteiger charge is 2.57. The highest BCUT2D eigenvalue weighted by atomic mass is 19.1. The average Bonchev–Trinajstić information content (AvgIpc) is 3.04. The van der Waals surface area contributed by atoms with E-state index in [1.807, 2.05) is 25.1 Å². The second-order valence-electron chi connectivity index (χ2n) is 7.26. The quantitative estimate of drug-likeness (QED) is 0.782. The van der Waals surface area contributed by atoms with Gasteiger partial charge in [0.2, 0.25) is 5.95 Å². The van der Waals surface area contributed by atoms with Gasteiger partial charge in [-0.1, -0.05) is 6.07 Å². The van der Waals surface area contributed by atoms with Gasteiger partial charge in [0.15, 0.2) is 0 Å². The normalized spacial score (nSPS) is 31.5. The Hall–Kier alpha value is -2.67. The summed E-state index contributed by atoms with van der Waals surface area (Å²) >= 11 is 0. The molecule has 6 nitrogen and oxygen atoms in total. The maximum absolute atomic E-state index is 14.2. The fourth-order valence-electron chi connectivity index (χ4n) is 4.62. The summed E-state index contributed by atoms with van der Waals surface area (Å²) < 4.78 is 32.0. The van der Waals surface area contributed by atoms with Crippen LogP contribution in [0, 0.1) is 11.9 Å². The zero-order valence-corrected chi connectivity index (χ0v) is 14.9. The van der Waals surface area contributed by atoms with E-state index < -0.39 is 11.5 Å². The zero-order chi connectivity index (χ0) is 18.6. The van der Waals surface area contributed by atoms with Gasteiger partial charge in [-0.25, -0.2) is 9.98 Å². The van der Waals surface area contributed by atoms with E-state index in [0.717, 1.165) is 17.7 Å². The van der Waals surface area contributed by atoms with Crippen molar-refractivity contribution in [1.82, 2.24) is 4.98 Å². The number of nitrogens with two attached hydrogens (primary N) is 1. The summed E-state index contributed by atoms with van der Waals surface area (Å²) in [6, 6.07) is 9.22. The minimum atomic E-state index is -0.698. The molecule has 0 saturated carbocycles. The van der Waals surface area contributed by atoms with Gasteiger partial charge in [0.1, 0.15) is 24.0 Å². The van der Waals surface area contributed by atoms with Crippen molar-refractivity contribution in [3.8, 4) is 16.9 Å². The van der Waals surface area contributed by atoms with Crippen molar-refractivity contribution >= 4 is 6.02 Å². The predicted octanol–water partition coefficient (Wildman–Crippen LogP) is 2.61. The Kier molecular flexibility index (Phi) is 3.62. The van der Waals surface area contributed by atoms with Crippen LogP contribution in [0.25, 0.3) is 11.1 Å². The van der Waals surface area contributed by atoms with Gasteiger partial charge in [-0.15, -0.1) is 0 Å². The summed E-state index contributed by atoms with van der Waals surface area (Å²) in [7, 11) is 0. The van der Waals surface area contributed by atoms with Crippen LogP contribution >= 0.6 is 0 Å². The van der Waals surface area contributed by atoms with E-state index in [1.54, 1.807) is 12.1 Å². The van der Waals surface area contributed by atoms with Crippen LogP contribution in [-0.4, -0.2) is 36.4 Å². The SMILES string of the molecule is CC1OCCC2Oc3ccc(-c4cccnc4F)cc3[C@@]3(COC(N)=N3)[C@@H]12. The van der Waals surface area contributed by atoms with E-state index in [4.69, 9.17) is 24.9 Å². The number of halogens is 1. The summed E-state index contributed by atoms with van der Waals surface area (Å²) in [6.07, 6.45) is 2.13. The van der Waals surface area contributed by atoms with Crippen LogP contribution in [0.1, 0.15) is 18.9 Å². The number of benzene rings is 1. The first-order valence-corrected chi connectivity index (χ1v) is 9.10. The summed E-state index contributed by atoms with van der Waals surface area (Å²) in [5, 5.41) is 0. The van der Waals surface area contributed by atoms with E-state index in [-0.39, 0.29) is 24.1 Å². The molecule has 2 N–H and O–H groups in total. The molecule has 5 rings (SSSR count). The van der Waals surface area contributed by atoms with Crippen LogP contribution in [0.4, 0.5) is 4.39 Å². The molecule has 1 aromatic carbocycles. The van der Waals surface area contributed by atoms with Gasteiger partial charge in [-0.2, -0.15) is 4.39 Å². The molecule has 7 heteroatoms. The Labute approximate surface area is 156 Å². The van der Waals surface area contributed by atoms with Crippen LogP contribution < -0.4 is 10.5 Å². The van der Waals surface area contributed by atoms with Crippen molar-refractivity contribution in [2.24, 2.45) is 16.6 Å². The molecule has 4 atom stereocenters. The van der Waals surface area contributed by atoms with Gasteiger partial charge in [-0.05, 0) is 36.8 Å². The number of hydrogen-bond donors (Lipinski definition) is 1. The fraction of sp³-hybridized carbons (Fsp3) is 0.400. The van der Waals surface area contributed by atoms with Crippen molar-refractivity contribution in [3.05, 3.63) is 48.0 Å². The van der Waals surface area contributed by atoms with E-state index in [2.05, 4.69) is 4.98 Å². The molecule has 1 aromatic heterocycles. The lowest BCUT2D eigenvalue weighted by molar-refractivity contribution is -0.116. The Morgan fingerprint density at radius 2 is 2.19 bits per heavy atom. The zero-order valence-electron chi connectivity index (χ0n) is 14.9. The maximum atomic E-state index is 14.2. The highest BCUT2D eigenvalue weighted by Crippen LogP contribution is 2.52. The van der Waals surface area contributed by atoms with Crippen molar-refractivity contribution in [2.45, 2.75) is 31.1 Å². The molecule has 3 aliphatic heterocycles. The second kappa shape index (κ2) is 5.92. The van der Waals surface area contributed by atoms with Crippen LogP contribution in [0.2, 0.25) is 0 Å². The van der Waals surface area contributed by atoms with Gasteiger partial charge in [0.25, 0.3) is 6.02 Å². The number of amidine groups is 1. The van der Waals surface area contributed by atoms with Gasteiger partial charge in [0.05, 0.1) is 18.6 Å². The topological polar surface area (TPSA) is 79.0 Å². The molecule has 2 unspecified atom stereocenters. The number of aliphatic imine (C=N–C) groups is 1. The van der Waals surface area contributed by atoms with Crippen LogP contribution in [0.15, 0.2) is 41.5 Å². The Morgan fingerprint density at radius 3 is 2.96 bits per heavy atom. The van der Waals surface area contributed by atoms with Gasteiger partial charge < -0.3 is 19.9 Å². The molecule has 1 spiro atoms. The number of pyridine rings is 1. The molecule has 4 heterocycles. The summed E-state index contributed by atoms with van der Waals surface area (Å²) in [5.41, 5.74) is 7.21. The molecule has 2 aromatic rings. The van der Waals surface area contributed by atoms with Gasteiger partial charge >= 0.3 is 0 Å². The average molecular weight is 369 g/mol. The first-order chi connectivity index (χ1) is 13.1. The molecular weight excluding hydrogens is 349 g/mol. The van der Waals surface area contributed by atoms with Crippen LogP contribution in [-0.2, 0) is 15.0 Å². The van der Waals surface area contributed by atoms with E-state index in [1.165, 1.54) is 6.20 Å².